The van der Waals surface area contributed by atoms with E-state index in [1.807, 2.05) is 4.98 Å². The van der Waals surface area contributed by atoms with E-state index in [1.54, 1.807) is 50.2 Å². The summed E-state index contributed by atoms with van der Waals surface area (Å²) in [6.45, 7) is 4.13. The Morgan fingerprint density at radius 3 is 2.53 bits per heavy atom. The number of aromatic nitrogens is 2. The Hall–Kier alpha value is -3.24. The van der Waals surface area contributed by atoms with Gasteiger partial charge in [-0.2, -0.15) is 4.39 Å². The first-order valence-corrected chi connectivity index (χ1v) is 12.4. The maximum Gasteiger partial charge on any atom is 0.328 e. The fraction of sp³-hybridized carbons (Fsp3) is 0.333. The number of hydrogen-bond donors (Lipinski definition) is 2. The number of ether oxygens (including phenoxy) is 1. The first-order valence-electron chi connectivity index (χ1n) is 10.9. The Bertz CT molecular complexity index is 1410. The summed E-state index contributed by atoms with van der Waals surface area (Å²) in [7, 11) is -3.84. The van der Waals surface area contributed by atoms with Gasteiger partial charge in [-0.3, -0.25) is 14.3 Å². The molecule has 2 aromatic carbocycles. The van der Waals surface area contributed by atoms with Gasteiger partial charge in [0.2, 0.25) is 15.8 Å². The predicted molar refractivity (Wildman–Crippen MR) is 125 cm³/mol. The lowest BCUT2D eigenvalue weighted by Gasteiger charge is -2.27. The number of nitrogens with zero attached hydrogens (tertiary/aromatic N) is 1. The molecule has 2 N–H and O–H groups in total. The zero-order valence-electron chi connectivity index (χ0n) is 18.9. The van der Waals surface area contributed by atoms with E-state index >= 15 is 0 Å². The second-order valence-corrected chi connectivity index (χ2v) is 10.7. The number of halogens is 1. The molecule has 0 saturated heterocycles. The van der Waals surface area contributed by atoms with Gasteiger partial charge in [-0.1, -0.05) is 30.3 Å². The maximum absolute atomic E-state index is 13.5. The summed E-state index contributed by atoms with van der Waals surface area (Å²) in [5.41, 5.74) is -1.35. The number of hydrogen-bond acceptors (Lipinski definition) is 5. The van der Waals surface area contributed by atoms with Gasteiger partial charge < -0.3 is 4.74 Å². The molecule has 10 heteroatoms. The Balaban J connectivity index is 1.48. The first kappa shape index (κ1) is 23.9. The van der Waals surface area contributed by atoms with Gasteiger partial charge in [0.05, 0.1) is 29.8 Å². The average Bonchev–Trinajstić information content (AvgIpc) is 3.61. The minimum Gasteiger partial charge on any atom is -0.493 e. The lowest BCUT2D eigenvalue weighted by molar-refractivity contribution is 0.299. The third kappa shape index (κ3) is 5.63. The van der Waals surface area contributed by atoms with Gasteiger partial charge in [0.1, 0.15) is 5.75 Å². The highest BCUT2D eigenvalue weighted by molar-refractivity contribution is 7.89. The molecule has 1 saturated carbocycles. The van der Waals surface area contributed by atoms with Crippen molar-refractivity contribution in [3.05, 3.63) is 92.5 Å². The number of rotatable bonds is 9. The molecule has 1 aliphatic carbocycles. The van der Waals surface area contributed by atoms with Crippen LogP contribution in [-0.2, 0) is 22.1 Å². The minimum absolute atomic E-state index is 0.0482. The fourth-order valence-corrected chi connectivity index (χ4v) is 4.94. The molecule has 0 bridgehead atoms. The van der Waals surface area contributed by atoms with Crippen LogP contribution in [0.3, 0.4) is 0 Å². The van der Waals surface area contributed by atoms with Gasteiger partial charge in [-0.15, -0.1) is 0 Å². The fourth-order valence-electron chi connectivity index (χ4n) is 3.51. The monoisotopic (exact) mass is 487 g/mol. The molecule has 0 amide bonds. The smallest absolute Gasteiger partial charge is 0.328 e. The molecule has 34 heavy (non-hydrogen) atoms. The van der Waals surface area contributed by atoms with Crippen molar-refractivity contribution < 1.29 is 17.5 Å². The molecule has 0 spiro atoms. The molecule has 0 unspecified atom stereocenters. The molecule has 0 aliphatic heterocycles. The van der Waals surface area contributed by atoms with E-state index in [1.165, 1.54) is 12.1 Å². The van der Waals surface area contributed by atoms with Gasteiger partial charge in [-0.25, -0.2) is 17.9 Å². The summed E-state index contributed by atoms with van der Waals surface area (Å²) in [6, 6.07) is 13.3. The van der Waals surface area contributed by atoms with Crippen LogP contribution < -0.4 is 20.7 Å². The Labute approximate surface area is 196 Å². The van der Waals surface area contributed by atoms with Crippen LogP contribution in [-0.4, -0.2) is 24.6 Å². The van der Waals surface area contributed by atoms with E-state index in [2.05, 4.69) is 4.72 Å². The van der Waals surface area contributed by atoms with Crippen LogP contribution >= 0.6 is 0 Å². The van der Waals surface area contributed by atoms with Crippen LogP contribution in [0.1, 0.15) is 37.8 Å². The van der Waals surface area contributed by atoms with Crippen molar-refractivity contribution in [3.63, 3.8) is 0 Å². The van der Waals surface area contributed by atoms with Crippen molar-refractivity contribution in [2.24, 2.45) is 5.92 Å². The normalized spacial score (nSPS) is 14.2. The quantitative estimate of drug-likeness (QED) is 0.482. The molecule has 8 nitrogen and oxygen atoms in total. The molecule has 0 radical (unpaired) electrons. The van der Waals surface area contributed by atoms with Crippen molar-refractivity contribution in [3.8, 4) is 5.75 Å². The molecule has 1 aliphatic rings. The Morgan fingerprint density at radius 1 is 1.15 bits per heavy atom. The standard InChI is InChI=1S/C24H26FN3O5S/c1-24(2,27-34(31,32)20-5-3-4-19(12-20)33-15-17-6-7-17)18-10-8-16(9-11-18)13-28-14-21(25)22(29)26-23(28)30/h3-5,8-12,14,17,27H,6-7,13,15H2,1-2H3,(H,26,29,30). The van der Waals surface area contributed by atoms with Crippen molar-refractivity contribution in [1.29, 1.82) is 0 Å². The van der Waals surface area contributed by atoms with Gasteiger partial charge in [0.15, 0.2) is 0 Å². The topological polar surface area (TPSA) is 110 Å². The highest BCUT2D eigenvalue weighted by Crippen LogP contribution is 2.30. The molecule has 1 aromatic heterocycles. The Morgan fingerprint density at radius 2 is 1.85 bits per heavy atom. The summed E-state index contributed by atoms with van der Waals surface area (Å²) < 4.78 is 49.1. The lowest BCUT2D eigenvalue weighted by atomic mass is 9.95. The highest BCUT2D eigenvalue weighted by Gasteiger charge is 2.28. The third-order valence-electron chi connectivity index (χ3n) is 5.68. The molecule has 1 fully saturated rings. The molecule has 180 valence electrons. The highest BCUT2D eigenvalue weighted by atomic mass is 32.2. The van der Waals surface area contributed by atoms with Gasteiger partial charge in [0, 0.05) is 6.07 Å². The number of sulfonamides is 1. The average molecular weight is 488 g/mol. The summed E-state index contributed by atoms with van der Waals surface area (Å²) in [5.74, 6) is 0.0294. The predicted octanol–water partition coefficient (Wildman–Crippen LogP) is 2.73. The van der Waals surface area contributed by atoms with E-state index in [9.17, 15) is 22.4 Å². The van der Waals surface area contributed by atoms with Gasteiger partial charge >= 0.3 is 5.69 Å². The van der Waals surface area contributed by atoms with Crippen LogP contribution in [0.15, 0.2) is 69.2 Å². The van der Waals surface area contributed by atoms with Gasteiger partial charge in [-0.05, 0) is 55.9 Å². The number of aromatic amines is 1. The van der Waals surface area contributed by atoms with Crippen molar-refractivity contribution in [2.45, 2.75) is 43.7 Å². The summed E-state index contributed by atoms with van der Waals surface area (Å²) >= 11 is 0. The van der Waals surface area contributed by atoms with Crippen LogP contribution in [0.2, 0.25) is 0 Å². The maximum atomic E-state index is 13.5. The Kier molecular flexibility index (Phi) is 6.46. The molecule has 3 aromatic rings. The molecule has 1 heterocycles. The zero-order chi connectivity index (χ0) is 24.5. The van der Waals surface area contributed by atoms with Crippen LogP contribution in [0.25, 0.3) is 0 Å². The van der Waals surface area contributed by atoms with Gasteiger partial charge in [0.25, 0.3) is 5.56 Å². The molecule has 4 rings (SSSR count). The summed E-state index contributed by atoms with van der Waals surface area (Å²) in [5, 5.41) is 0. The van der Waals surface area contributed by atoms with Crippen LogP contribution in [0.5, 0.6) is 5.75 Å². The number of benzene rings is 2. The van der Waals surface area contributed by atoms with Crippen molar-refractivity contribution in [1.82, 2.24) is 14.3 Å². The second kappa shape index (κ2) is 9.19. The van der Waals surface area contributed by atoms with E-state index in [-0.39, 0.29) is 11.4 Å². The third-order valence-corrected chi connectivity index (χ3v) is 7.34. The first-order chi connectivity index (χ1) is 16.0. The number of H-pyrrole nitrogens is 1. The van der Waals surface area contributed by atoms with E-state index < -0.39 is 32.6 Å². The van der Waals surface area contributed by atoms with E-state index in [0.29, 0.717) is 29.4 Å². The SMILES string of the molecule is CC(C)(NS(=O)(=O)c1cccc(OCC2CC2)c1)c1ccc(Cn2cc(F)c(=O)[nH]c2=O)cc1. The van der Waals surface area contributed by atoms with Crippen LogP contribution in [0, 0.1) is 11.7 Å². The van der Waals surface area contributed by atoms with E-state index in [0.717, 1.165) is 23.6 Å². The molecular formula is C24H26FN3O5S. The second-order valence-electron chi connectivity index (χ2n) is 9.02. The summed E-state index contributed by atoms with van der Waals surface area (Å²) in [6.07, 6.45) is 3.14. The lowest BCUT2D eigenvalue weighted by Crippen LogP contribution is -2.40. The minimum atomic E-state index is -3.84. The zero-order valence-corrected chi connectivity index (χ0v) is 19.7. The largest absolute Gasteiger partial charge is 0.493 e. The number of nitrogens with one attached hydrogen (secondary N) is 2. The molecular weight excluding hydrogens is 461 g/mol. The van der Waals surface area contributed by atoms with E-state index in [4.69, 9.17) is 4.74 Å². The molecule has 0 atom stereocenters. The van der Waals surface area contributed by atoms with Crippen molar-refractivity contribution >= 4 is 10.0 Å². The summed E-state index contributed by atoms with van der Waals surface area (Å²) in [4.78, 5) is 25.1. The van der Waals surface area contributed by atoms with Crippen molar-refractivity contribution in [2.75, 3.05) is 6.61 Å². The van der Waals surface area contributed by atoms with Crippen LogP contribution in [0.4, 0.5) is 4.39 Å².